The fourth-order valence-corrected chi connectivity index (χ4v) is 8.46. The molecule has 0 spiro atoms. The molecule has 12 nitrogen and oxygen atoms in total. The van der Waals surface area contributed by atoms with Crippen LogP contribution in [0.5, 0.6) is 11.5 Å². The van der Waals surface area contributed by atoms with Gasteiger partial charge in [0.2, 0.25) is 10.0 Å². The molecular weight excluding hydrogens is 659 g/mol. The second-order valence-corrected chi connectivity index (χ2v) is 14.3. The molecule has 0 radical (unpaired) electrons. The topological polar surface area (TPSA) is 135 Å². The summed E-state index contributed by atoms with van der Waals surface area (Å²) in [4.78, 5) is 34.5. The van der Waals surface area contributed by atoms with Crippen LogP contribution in [0.3, 0.4) is 0 Å². The quantitative estimate of drug-likeness (QED) is 0.145. The molecule has 2 amide bonds. The normalized spacial score (nSPS) is 16.4. The van der Waals surface area contributed by atoms with Gasteiger partial charge in [0.25, 0.3) is 11.8 Å². The highest BCUT2D eigenvalue weighted by atomic mass is 32.2. The molecular formula is C37H43N5O7S. The van der Waals surface area contributed by atoms with Crippen LogP contribution in [-0.4, -0.2) is 82.1 Å². The molecule has 264 valence electrons. The number of carbonyl (C=O) groups is 2. The summed E-state index contributed by atoms with van der Waals surface area (Å²) in [5.41, 5.74) is 3.69. The van der Waals surface area contributed by atoms with Crippen molar-refractivity contribution in [1.29, 1.82) is 0 Å². The molecule has 2 aliphatic rings. The Morgan fingerprint density at radius 1 is 0.880 bits per heavy atom. The summed E-state index contributed by atoms with van der Waals surface area (Å²) in [6.07, 6.45) is 0.611. The first-order valence-corrected chi connectivity index (χ1v) is 18.2. The van der Waals surface area contributed by atoms with Gasteiger partial charge in [-0.1, -0.05) is 47.6 Å². The zero-order valence-electron chi connectivity index (χ0n) is 29.0. The van der Waals surface area contributed by atoms with Crippen molar-refractivity contribution in [3.8, 4) is 11.5 Å². The summed E-state index contributed by atoms with van der Waals surface area (Å²) >= 11 is 0. The number of hydrogen-bond donors (Lipinski definition) is 1. The third kappa shape index (κ3) is 6.72. The number of carbonyl (C=O) groups excluding carboxylic acids is 2. The van der Waals surface area contributed by atoms with Crippen molar-refractivity contribution in [1.82, 2.24) is 19.7 Å². The molecule has 0 bridgehead atoms. The first-order chi connectivity index (χ1) is 24.1. The minimum absolute atomic E-state index is 0.0113. The number of nitrogens with zero attached hydrogens (tertiary/aromatic N) is 4. The van der Waals surface area contributed by atoms with Gasteiger partial charge in [-0.15, -0.1) is 0 Å². The number of fused-ring (bicyclic) bond motifs is 1. The Morgan fingerprint density at radius 3 is 2.26 bits per heavy atom. The van der Waals surface area contributed by atoms with E-state index in [1.165, 1.54) is 24.7 Å². The number of piperazine rings is 1. The molecule has 1 fully saturated rings. The average Bonchev–Trinajstić information content (AvgIpc) is 3.62. The van der Waals surface area contributed by atoms with Crippen LogP contribution in [0.2, 0.25) is 0 Å². The molecule has 50 heavy (non-hydrogen) atoms. The van der Waals surface area contributed by atoms with E-state index in [0.29, 0.717) is 47.7 Å². The Labute approximate surface area is 293 Å². The number of aromatic nitrogens is 1. The molecule has 1 saturated heterocycles. The number of rotatable bonds is 13. The van der Waals surface area contributed by atoms with E-state index in [1.807, 2.05) is 18.2 Å². The van der Waals surface area contributed by atoms with E-state index in [1.54, 1.807) is 38.1 Å². The number of aryl methyl sites for hydroxylation is 2. The largest absolute Gasteiger partial charge is 0.493 e. The molecule has 1 N–H and O–H groups in total. The van der Waals surface area contributed by atoms with E-state index >= 15 is 0 Å². The Bertz CT molecular complexity index is 1950. The molecule has 3 aromatic carbocycles. The Kier molecular flexibility index (Phi) is 10.3. The van der Waals surface area contributed by atoms with E-state index in [9.17, 15) is 18.0 Å². The van der Waals surface area contributed by atoms with Crippen molar-refractivity contribution in [3.05, 3.63) is 100 Å². The lowest BCUT2D eigenvalue weighted by atomic mass is 9.99. The highest BCUT2D eigenvalue weighted by Crippen LogP contribution is 2.41. The number of ether oxygens (including phenoxy) is 2. The predicted octanol–water partition coefficient (Wildman–Crippen LogP) is 5.29. The summed E-state index contributed by atoms with van der Waals surface area (Å²) in [6, 6.07) is 20.7. The lowest BCUT2D eigenvalue weighted by Gasteiger charge is -2.39. The number of benzene rings is 3. The van der Waals surface area contributed by atoms with Crippen molar-refractivity contribution in [2.45, 2.75) is 50.6 Å². The number of hydrogen-bond acceptors (Lipinski definition) is 10. The number of sulfonamides is 1. The first-order valence-electron chi connectivity index (χ1n) is 16.7. The molecule has 0 unspecified atom stereocenters. The van der Waals surface area contributed by atoms with Gasteiger partial charge < -0.3 is 18.9 Å². The lowest BCUT2D eigenvalue weighted by Crippen LogP contribution is -2.47. The van der Waals surface area contributed by atoms with E-state index in [4.69, 9.17) is 14.0 Å². The van der Waals surface area contributed by atoms with Crippen molar-refractivity contribution in [3.63, 3.8) is 0 Å². The zero-order valence-corrected chi connectivity index (χ0v) is 29.8. The standard InChI is InChI=1S/C37H43N5O7S/c1-24-35(26(3)49-39-24)50(45,46)38-18-10-15-30(28-16-17-32(47-4)33(23-28)48-5)42-36(43)29-13-9-14-31(34(29)37(42)44)41-21-19-40(20-22-41)25(2)27-11-7-6-8-12-27/h6-9,11-14,16-17,23,25,30,38H,10,15,18-22H2,1-5H3/t25-,30-/m1/s1. The van der Waals surface area contributed by atoms with Crippen LogP contribution in [0.1, 0.15) is 75.1 Å². The Hall–Kier alpha value is -4.72. The van der Waals surface area contributed by atoms with Gasteiger partial charge in [-0.25, -0.2) is 13.1 Å². The second-order valence-electron chi connectivity index (χ2n) is 12.6. The molecule has 6 rings (SSSR count). The monoisotopic (exact) mass is 701 g/mol. The minimum Gasteiger partial charge on any atom is -0.493 e. The van der Waals surface area contributed by atoms with Gasteiger partial charge in [0.15, 0.2) is 17.3 Å². The van der Waals surface area contributed by atoms with Gasteiger partial charge in [-0.2, -0.15) is 0 Å². The smallest absolute Gasteiger partial charge is 0.264 e. The Balaban J connectivity index is 1.24. The van der Waals surface area contributed by atoms with E-state index in [2.05, 4.69) is 50.9 Å². The molecule has 0 aliphatic carbocycles. The van der Waals surface area contributed by atoms with Gasteiger partial charge >= 0.3 is 0 Å². The van der Waals surface area contributed by atoms with Crippen molar-refractivity contribution < 1.29 is 32.0 Å². The minimum atomic E-state index is -3.89. The maximum Gasteiger partial charge on any atom is 0.264 e. The molecule has 4 aromatic rings. The maximum absolute atomic E-state index is 14.4. The number of imide groups is 1. The maximum atomic E-state index is 14.4. The highest BCUT2D eigenvalue weighted by molar-refractivity contribution is 7.89. The summed E-state index contributed by atoms with van der Waals surface area (Å²) in [5, 5.41) is 3.76. The summed E-state index contributed by atoms with van der Waals surface area (Å²) < 4.78 is 44.8. The van der Waals surface area contributed by atoms with Gasteiger partial charge in [-0.3, -0.25) is 19.4 Å². The SMILES string of the molecule is COc1ccc([C@@H](CCCNS(=O)(=O)c2c(C)noc2C)N2C(=O)c3cccc(N4CCN([C@H](C)c5ccccc5)CC4)c3C2=O)cc1OC. The van der Waals surface area contributed by atoms with Gasteiger partial charge in [0, 0.05) is 38.8 Å². The number of nitrogens with one attached hydrogen (secondary N) is 1. The van der Waals surface area contributed by atoms with Crippen LogP contribution in [0.25, 0.3) is 0 Å². The fourth-order valence-electron chi connectivity index (χ4n) is 7.06. The van der Waals surface area contributed by atoms with Crippen molar-refractivity contribution in [2.75, 3.05) is 51.8 Å². The van der Waals surface area contributed by atoms with Crippen LogP contribution < -0.4 is 19.1 Å². The highest BCUT2D eigenvalue weighted by Gasteiger charge is 2.43. The third-order valence-electron chi connectivity index (χ3n) is 9.70. The van der Waals surface area contributed by atoms with Crippen LogP contribution in [0.15, 0.2) is 76.1 Å². The zero-order chi connectivity index (χ0) is 35.6. The van der Waals surface area contributed by atoms with Crippen LogP contribution in [-0.2, 0) is 10.0 Å². The van der Waals surface area contributed by atoms with Crippen LogP contribution in [0, 0.1) is 13.8 Å². The predicted molar refractivity (Wildman–Crippen MR) is 188 cm³/mol. The van der Waals surface area contributed by atoms with Gasteiger partial charge in [-0.05, 0) is 69.0 Å². The molecule has 0 saturated carbocycles. The Morgan fingerprint density at radius 2 is 1.60 bits per heavy atom. The van der Waals surface area contributed by atoms with Crippen LogP contribution in [0.4, 0.5) is 5.69 Å². The number of methoxy groups -OCH3 is 2. The molecule has 1 aromatic heterocycles. The molecule has 13 heteroatoms. The van der Waals surface area contributed by atoms with E-state index in [-0.39, 0.29) is 47.2 Å². The molecule has 2 aliphatic heterocycles. The van der Waals surface area contributed by atoms with Crippen LogP contribution >= 0.6 is 0 Å². The summed E-state index contributed by atoms with van der Waals surface area (Å²) in [7, 11) is -0.829. The second kappa shape index (κ2) is 14.6. The van der Waals surface area contributed by atoms with E-state index in [0.717, 1.165) is 18.8 Å². The number of anilines is 1. The fraction of sp³-hybridized carbons (Fsp3) is 0.378. The number of amides is 2. The van der Waals surface area contributed by atoms with Gasteiger partial charge in [0.05, 0.1) is 37.1 Å². The molecule has 3 heterocycles. The summed E-state index contributed by atoms with van der Waals surface area (Å²) in [6.45, 7) is 8.42. The van der Waals surface area contributed by atoms with Crippen molar-refractivity contribution in [2.24, 2.45) is 0 Å². The van der Waals surface area contributed by atoms with E-state index < -0.39 is 16.1 Å². The first kappa shape index (κ1) is 35.1. The third-order valence-corrected chi connectivity index (χ3v) is 11.4. The average molecular weight is 702 g/mol. The van der Waals surface area contributed by atoms with Crippen molar-refractivity contribution >= 4 is 27.5 Å². The lowest BCUT2D eigenvalue weighted by molar-refractivity contribution is 0.0572. The molecule has 2 atom stereocenters. The van der Waals surface area contributed by atoms with Gasteiger partial charge in [0.1, 0.15) is 10.6 Å². The summed E-state index contributed by atoms with van der Waals surface area (Å²) in [5.74, 6) is 0.393.